The number of hydrogen-bond donors (Lipinski definition) is 1. The number of oxazole rings is 1. The van der Waals surface area contributed by atoms with Crippen molar-refractivity contribution in [2.45, 2.75) is 19.8 Å². The van der Waals surface area contributed by atoms with Gasteiger partial charge in [-0.2, -0.15) is 4.98 Å². The molecule has 2 aromatic rings. The number of nitrogens with zero attached hydrogens (tertiary/aromatic N) is 1. The Morgan fingerprint density at radius 2 is 2.11 bits per heavy atom. The van der Waals surface area contributed by atoms with Gasteiger partial charge in [0, 0.05) is 12.0 Å². The first-order valence-corrected chi connectivity index (χ1v) is 5.66. The maximum absolute atomic E-state index is 10.6. The molecule has 0 atom stereocenters. The van der Waals surface area contributed by atoms with Gasteiger partial charge >= 0.3 is 6.16 Å². The third-order valence-corrected chi connectivity index (χ3v) is 2.34. The molecule has 0 saturated carbocycles. The van der Waals surface area contributed by atoms with E-state index in [9.17, 15) is 4.79 Å². The maximum atomic E-state index is 10.6. The van der Waals surface area contributed by atoms with Crippen LogP contribution in [-0.2, 0) is 6.42 Å². The Morgan fingerprint density at radius 3 is 2.72 bits per heavy atom. The summed E-state index contributed by atoms with van der Waals surface area (Å²) in [5.74, 6) is 0.859. The lowest BCUT2D eigenvalue weighted by Crippen LogP contribution is -2.04. The van der Waals surface area contributed by atoms with E-state index in [1.54, 1.807) is 0 Å². The summed E-state index contributed by atoms with van der Waals surface area (Å²) in [4.78, 5) is 14.6. The Morgan fingerprint density at radius 1 is 1.39 bits per heavy atom. The van der Waals surface area contributed by atoms with Gasteiger partial charge in [-0.15, -0.1) is 0 Å². The number of carboxylic acid groups (broad SMARTS) is 1. The van der Waals surface area contributed by atoms with E-state index in [0.29, 0.717) is 18.1 Å². The largest absolute Gasteiger partial charge is 0.512 e. The van der Waals surface area contributed by atoms with Gasteiger partial charge in [-0.1, -0.05) is 25.1 Å². The first-order valence-electron chi connectivity index (χ1n) is 5.66. The van der Waals surface area contributed by atoms with Crippen molar-refractivity contribution in [2.24, 2.45) is 0 Å². The van der Waals surface area contributed by atoms with Crippen LogP contribution in [0.3, 0.4) is 0 Å². The van der Waals surface area contributed by atoms with Gasteiger partial charge < -0.3 is 14.3 Å². The highest BCUT2D eigenvalue weighted by molar-refractivity contribution is 5.62. The molecular weight excluding hydrogens is 234 g/mol. The third-order valence-electron chi connectivity index (χ3n) is 2.34. The van der Waals surface area contributed by atoms with Crippen LogP contribution in [0.5, 0.6) is 5.88 Å². The monoisotopic (exact) mass is 247 g/mol. The van der Waals surface area contributed by atoms with Gasteiger partial charge in [0.05, 0.1) is 0 Å². The SMILES string of the molecule is CCCc1oc(-c2ccccc2)nc1OC(=O)O. The summed E-state index contributed by atoms with van der Waals surface area (Å²) in [6, 6.07) is 9.28. The predicted octanol–water partition coefficient (Wildman–Crippen LogP) is 3.35. The van der Waals surface area contributed by atoms with Gasteiger partial charge in [-0.25, -0.2) is 4.79 Å². The number of aryl methyl sites for hydroxylation is 1. The first-order chi connectivity index (χ1) is 8.70. The van der Waals surface area contributed by atoms with Crippen molar-refractivity contribution >= 4 is 6.16 Å². The van der Waals surface area contributed by atoms with Crippen LogP contribution < -0.4 is 4.74 Å². The molecular formula is C13H13NO4. The molecule has 0 aliphatic heterocycles. The molecule has 0 bridgehead atoms. The van der Waals surface area contributed by atoms with Crippen LogP contribution >= 0.6 is 0 Å². The average Bonchev–Trinajstić information content (AvgIpc) is 2.73. The van der Waals surface area contributed by atoms with Gasteiger partial charge in [-0.3, -0.25) is 0 Å². The molecule has 1 heterocycles. The Labute approximate surface area is 104 Å². The van der Waals surface area contributed by atoms with E-state index in [1.807, 2.05) is 37.3 Å². The van der Waals surface area contributed by atoms with E-state index in [2.05, 4.69) is 9.72 Å². The molecule has 0 radical (unpaired) electrons. The summed E-state index contributed by atoms with van der Waals surface area (Å²) in [5.41, 5.74) is 0.787. The number of rotatable bonds is 4. The lowest BCUT2D eigenvalue weighted by Gasteiger charge is -1.95. The third kappa shape index (κ3) is 2.68. The second-order valence-corrected chi connectivity index (χ2v) is 3.73. The first kappa shape index (κ1) is 12.2. The molecule has 0 fully saturated rings. The lowest BCUT2D eigenvalue weighted by atomic mass is 10.2. The van der Waals surface area contributed by atoms with E-state index < -0.39 is 6.16 Å². The number of aromatic nitrogens is 1. The van der Waals surface area contributed by atoms with Gasteiger partial charge in [0.2, 0.25) is 5.89 Å². The molecule has 0 aliphatic carbocycles. The van der Waals surface area contributed by atoms with Crippen molar-refractivity contribution in [3.05, 3.63) is 36.1 Å². The highest BCUT2D eigenvalue weighted by Crippen LogP contribution is 2.27. The number of hydrogen-bond acceptors (Lipinski definition) is 4. The molecule has 18 heavy (non-hydrogen) atoms. The van der Waals surface area contributed by atoms with Crippen LogP contribution in [0.15, 0.2) is 34.7 Å². The number of carbonyl (C=O) groups is 1. The van der Waals surface area contributed by atoms with E-state index in [0.717, 1.165) is 12.0 Å². The maximum Gasteiger partial charge on any atom is 0.512 e. The summed E-state index contributed by atoms with van der Waals surface area (Å²) in [5, 5.41) is 8.64. The van der Waals surface area contributed by atoms with Crippen molar-refractivity contribution in [3.63, 3.8) is 0 Å². The molecule has 0 amide bonds. The van der Waals surface area contributed by atoms with Crippen molar-refractivity contribution in [1.82, 2.24) is 4.98 Å². The van der Waals surface area contributed by atoms with E-state index in [1.165, 1.54) is 0 Å². The Bertz CT molecular complexity index is 533. The second kappa shape index (κ2) is 5.35. The molecule has 94 valence electrons. The minimum Gasteiger partial charge on any atom is -0.449 e. The predicted molar refractivity (Wildman–Crippen MR) is 64.6 cm³/mol. The summed E-state index contributed by atoms with van der Waals surface area (Å²) in [6.07, 6.45) is 0.0160. The van der Waals surface area contributed by atoms with Crippen molar-refractivity contribution in [2.75, 3.05) is 0 Å². The minimum absolute atomic E-state index is 0.0307. The standard InChI is InChI=1S/C13H13NO4/c1-2-6-10-12(18-13(15)16)14-11(17-10)9-7-4-3-5-8-9/h3-5,7-8H,2,6H2,1H3,(H,15,16). The Kier molecular flexibility index (Phi) is 3.62. The van der Waals surface area contributed by atoms with E-state index in [4.69, 9.17) is 9.52 Å². The average molecular weight is 247 g/mol. The number of ether oxygens (including phenoxy) is 1. The quantitative estimate of drug-likeness (QED) is 0.839. The van der Waals surface area contributed by atoms with Crippen LogP contribution in [0.1, 0.15) is 19.1 Å². The zero-order chi connectivity index (χ0) is 13.0. The topological polar surface area (TPSA) is 72.6 Å². The fourth-order valence-corrected chi connectivity index (χ4v) is 1.59. The minimum atomic E-state index is -1.39. The Balaban J connectivity index is 2.35. The Hall–Kier alpha value is -2.30. The second-order valence-electron chi connectivity index (χ2n) is 3.73. The zero-order valence-corrected chi connectivity index (χ0v) is 9.92. The molecule has 0 aliphatic rings. The molecule has 1 N–H and O–H groups in total. The molecule has 5 nitrogen and oxygen atoms in total. The molecule has 5 heteroatoms. The van der Waals surface area contributed by atoms with Crippen molar-refractivity contribution < 1.29 is 19.1 Å². The summed E-state index contributed by atoms with van der Waals surface area (Å²) in [7, 11) is 0. The van der Waals surface area contributed by atoms with Gasteiger partial charge in [0.25, 0.3) is 5.88 Å². The van der Waals surface area contributed by atoms with Crippen LogP contribution in [0.2, 0.25) is 0 Å². The summed E-state index contributed by atoms with van der Waals surface area (Å²) >= 11 is 0. The zero-order valence-electron chi connectivity index (χ0n) is 9.92. The van der Waals surface area contributed by atoms with Crippen LogP contribution in [0.4, 0.5) is 4.79 Å². The molecule has 0 unspecified atom stereocenters. The highest BCUT2D eigenvalue weighted by Gasteiger charge is 2.17. The van der Waals surface area contributed by atoms with E-state index >= 15 is 0 Å². The van der Waals surface area contributed by atoms with Crippen LogP contribution in [0, 0.1) is 0 Å². The van der Waals surface area contributed by atoms with Crippen molar-refractivity contribution in [3.8, 4) is 17.3 Å². The van der Waals surface area contributed by atoms with Gasteiger partial charge in [0.15, 0.2) is 5.76 Å². The molecule has 2 rings (SSSR count). The van der Waals surface area contributed by atoms with Gasteiger partial charge in [0.1, 0.15) is 0 Å². The number of benzene rings is 1. The summed E-state index contributed by atoms with van der Waals surface area (Å²) < 4.78 is 10.2. The van der Waals surface area contributed by atoms with Crippen LogP contribution in [0.25, 0.3) is 11.5 Å². The fraction of sp³-hybridized carbons (Fsp3) is 0.231. The van der Waals surface area contributed by atoms with Crippen LogP contribution in [-0.4, -0.2) is 16.2 Å². The lowest BCUT2D eigenvalue weighted by molar-refractivity contribution is 0.141. The normalized spacial score (nSPS) is 10.3. The molecule has 1 aromatic heterocycles. The molecule has 0 saturated heterocycles. The fourth-order valence-electron chi connectivity index (χ4n) is 1.59. The molecule has 1 aromatic carbocycles. The van der Waals surface area contributed by atoms with E-state index in [-0.39, 0.29) is 5.88 Å². The van der Waals surface area contributed by atoms with Gasteiger partial charge in [-0.05, 0) is 18.6 Å². The summed E-state index contributed by atoms with van der Waals surface area (Å²) in [6.45, 7) is 1.97. The molecule has 0 spiro atoms. The smallest absolute Gasteiger partial charge is 0.449 e. The highest BCUT2D eigenvalue weighted by atomic mass is 16.7. The van der Waals surface area contributed by atoms with Crippen molar-refractivity contribution in [1.29, 1.82) is 0 Å².